The molecule has 3 nitrogen and oxygen atoms in total. The molecule has 124 valence electrons. The molecule has 1 aliphatic heterocycles. The number of aryl methyl sites for hydroxylation is 1. The lowest BCUT2D eigenvalue weighted by molar-refractivity contribution is 0.0639. The maximum atomic E-state index is 6.03. The molecular formula is C20H28N2O. The number of hydrogen-bond acceptors (Lipinski definition) is 3. The van der Waals surface area contributed by atoms with Crippen LogP contribution in [0, 0.1) is 0 Å². The van der Waals surface area contributed by atoms with Crippen LogP contribution < -0.4 is 0 Å². The van der Waals surface area contributed by atoms with Gasteiger partial charge >= 0.3 is 0 Å². The van der Waals surface area contributed by atoms with Gasteiger partial charge in [0.15, 0.2) is 0 Å². The highest BCUT2D eigenvalue weighted by molar-refractivity contribution is 5.99. The van der Waals surface area contributed by atoms with Crippen LogP contribution in [0.15, 0.2) is 53.9 Å². The molecule has 0 atom stereocenters. The summed E-state index contributed by atoms with van der Waals surface area (Å²) in [6.45, 7) is 10.2. The lowest BCUT2D eigenvalue weighted by Crippen LogP contribution is -2.34. The molecular weight excluding hydrogens is 284 g/mol. The van der Waals surface area contributed by atoms with Crippen LogP contribution in [0.1, 0.15) is 37.8 Å². The topological polar surface area (TPSA) is 24.8 Å². The van der Waals surface area contributed by atoms with Crippen molar-refractivity contribution in [3.05, 3.63) is 60.0 Å². The third-order valence-corrected chi connectivity index (χ3v) is 4.31. The molecule has 0 spiro atoms. The van der Waals surface area contributed by atoms with Gasteiger partial charge in [-0.2, -0.15) is 0 Å². The standard InChI is InChI=1S/C20H28N2O/c1-5-17-8-7-9-18(14-17)16(3)21-15-19(6-2)23-20-10-12-22(4)13-11-20/h6-9,14-15,20H,2,5,10-13H2,1,3-4H3/b19-15+,21-16?. The minimum Gasteiger partial charge on any atom is -0.489 e. The second kappa shape index (κ2) is 8.68. The van der Waals surface area contributed by atoms with Crippen molar-refractivity contribution in [2.75, 3.05) is 20.1 Å². The zero-order chi connectivity index (χ0) is 16.7. The number of hydrogen-bond donors (Lipinski definition) is 0. The van der Waals surface area contributed by atoms with Crippen molar-refractivity contribution in [1.82, 2.24) is 4.90 Å². The Morgan fingerprint density at radius 2 is 2.13 bits per heavy atom. The van der Waals surface area contributed by atoms with Gasteiger partial charge in [0, 0.05) is 18.8 Å². The summed E-state index contributed by atoms with van der Waals surface area (Å²) in [6, 6.07) is 8.51. The van der Waals surface area contributed by atoms with Gasteiger partial charge in [-0.15, -0.1) is 0 Å². The number of benzene rings is 1. The average molecular weight is 312 g/mol. The predicted molar refractivity (Wildman–Crippen MR) is 97.9 cm³/mol. The average Bonchev–Trinajstić information content (AvgIpc) is 2.60. The van der Waals surface area contributed by atoms with Crippen molar-refractivity contribution in [3.63, 3.8) is 0 Å². The second-order valence-electron chi connectivity index (χ2n) is 6.12. The van der Waals surface area contributed by atoms with Gasteiger partial charge < -0.3 is 9.64 Å². The SMILES string of the molecule is C=C/C(=C\N=C(C)c1cccc(CC)c1)OC1CCN(C)CC1. The Bertz CT molecular complexity index is 581. The number of piperidine rings is 1. The second-order valence-corrected chi connectivity index (χ2v) is 6.12. The van der Waals surface area contributed by atoms with Gasteiger partial charge in [0.1, 0.15) is 11.9 Å². The molecule has 23 heavy (non-hydrogen) atoms. The molecule has 2 rings (SSSR count). The predicted octanol–water partition coefficient (Wildman–Crippen LogP) is 4.20. The molecule has 1 fully saturated rings. The minimum absolute atomic E-state index is 0.273. The summed E-state index contributed by atoms with van der Waals surface area (Å²) in [6.07, 6.45) is 6.96. The minimum atomic E-state index is 0.273. The van der Waals surface area contributed by atoms with Gasteiger partial charge in [0.2, 0.25) is 0 Å². The van der Waals surface area contributed by atoms with Crippen molar-refractivity contribution < 1.29 is 4.74 Å². The first-order chi connectivity index (χ1) is 11.1. The number of nitrogens with zero attached hydrogens (tertiary/aromatic N) is 2. The molecule has 0 bridgehead atoms. The zero-order valence-corrected chi connectivity index (χ0v) is 14.6. The number of likely N-dealkylation sites (tertiary alicyclic amines) is 1. The normalized spacial score (nSPS) is 18.0. The first kappa shape index (κ1) is 17.5. The lowest BCUT2D eigenvalue weighted by atomic mass is 10.1. The molecule has 1 aromatic carbocycles. The molecule has 0 N–H and O–H groups in total. The maximum Gasteiger partial charge on any atom is 0.137 e. The van der Waals surface area contributed by atoms with E-state index in [0.717, 1.165) is 49.4 Å². The van der Waals surface area contributed by atoms with Crippen LogP contribution in [-0.4, -0.2) is 36.9 Å². The van der Waals surface area contributed by atoms with Gasteiger partial charge in [-0.1, -0.05) is 31.7 Å². The van der Waals surface area contributed by atoms with Gasteiger partial charge in [-0.05, 0) is 56.5 Å². The fraction of sp³-hybridized carbons (Fsp3) is 0.450. The lowest BCUT2D eigenvalue weighted by Gasteiger charge is -2.29. The van der Waals surface area contributed by atoms with E-state index in [1.807, 2.05) is 6.92 Å². The van der Waals surface area contributed by atoms with Crippen LogP contribution in [-0.2, 0) is 11.2 Å². The van der Waals surface area contributed by atoms with Crippen LogP contribution in [0.4, 0.5) is 0 Å². The van der Waals surface area contributed by atoms with E-state index in [2.05, 4.69) is 54.7 Å². The molecule has 1 heterocycles. The summed E-state index contributed by atoms with van der Waals surface area (Å²) < 4.78 is 6.03. The smallest absolute Gasteiger partial charge is 0.137 e. The summed E-state index contributed by atoms with van der Waals surface area (Å²) in [5, 5.41) is 0. The van der Waals surface area contributed by atoms with Crippen LogP contribution >= 0.6 is 0 Å². The molecule has 0 radical (unpaired) electrons. The van der Waals surface area contributed by atoms with Crippen LogP contribution in [0.25, 0.3) is 0 Å². The van der Waals surface area contributed by atoms with Crippen molar-refractivity contribution in [2.24, 2.45) is 4.99 Å². The third kappa shape index (κ3) is 5.36. The van der Waals surface area contributed by atoms with Crippen LogP contribution in [0.3, 0.4) is 0 Å². The van der Waals surface area contributed by atoms with E-state index in [-0.39, 0.29) is 6.10 Å². The van der Waals surface area contributed by atoms with Crippen molar-refractivity contribution in [3.8, 4) is 0 Å². The maximum absolute atomic E-state index is 6.03. The van der Waals surface area contributed by atoms with E-state index in [1.165, 1.54) is 5.56 Å². The fourth-order valence-electron chi connectivity index (χ4n) is 2.68. The highest BCUT2D eigenvalue weighted by Gasteiger charge is 2.18. The van der Waals surface area contributed by atoms with Gasteiger partial charge in [0.05, 0.1) is 6.20 Å². The Kier molecular flexibility index (Phi) is 6.60. The first-order valence-electron chi connectivity index (χ1n) is 8.44. The Morgan fingerprint density at radius 1 is 1.39 bits per heavy atom. The van der Waals surface area contributed by atoms with Gasteiger partial charge in [0.25, 0.3) is 0 Å². The van der Waals surface area contributed by atoms with E-state index >= 15 is 0 Å². The first-order valence-corrected chi connectivity index (χ1v) is 8.44. The van der Waals surface area contributed by atoms with E-state index in [9.17, 15) is 0 Å². The summed E-state index contributed by atoms with van der Waals surface area (Å²) in [4.78, 5) is 6.90. The number of aliphatic imine (C=N–C) groups is 1. The quantitative estimate of drug-likeness (QED) is 0.447. The van der Waals surface area contributed by atoms with E-state index in [0.29, 0.717) is 0 Å². The molecule has 0 aromatic heterocycles. The zero-order valence-electron chi connectivity index (χ0n) is 14.6. The van der Waals surface area contributed by atoms with E-state index < -0.39 is 0 Å². The van der Waals surface area contributed by atoms with E-state index in [4.69, 9.17) is 4.74 Å². The molecule has 0 aliphatic carbocycles. The summed E-state index contributed by atoms with van der Waals surface area (Å²) in [5.41, 5.74) is 3.47. The Balaban J connectivity index is 2.03. The Labute approximate surface area is 140 Å². The largest absolute Gasteiger partial charge is 0.489 e. The molecule has 1 saturated heterocycles. The van der Waals surface area contributed by atoms with Crippen molar-refractivity contribution >= 4 is 5.71 Å². The highest BCUT2D eigenvalue weighted by Crippen LogP contribution is 2.16. The molecule has 0 saturated carbocycles. The Morgan fingerprint density at radius 3 is 2.78 bits per heavy atom. The third-order valence-electron chi connectivity index (χ3n) is 4.31. The summed E-state index contributed by atoms with van der Waals surface area (Å²) in [5.74, 6) is 0.755. The van der Waals surface area contributed by atoms with Gasteiger partial charge in [-0.3, -0.25) is 4.99 Å². The summed E-state index contributed by atoms with van der Waals surface area (Å²) in [7, 11) is 2.15. The van der Waals surface area contributed by atoms with E-state index in [1.54, 1.807) is 12.3 Å². The molecule has 1 aliphatic rings. The monoisotopic (exact) mass is 312 g/mol. The fourth-order valence-corrected chi connectivity index (χ4v) is 2.68. The van der Waals surface area contributed by atoms with Gasteiger partial charge in [-0.25, -0.2) is 0 Å². The molecule has 1 aromatic rings. The summed E-state index contributed by atoms with van der Waals surface area (Å²) >= 11 is 0. The molecule has 0 amide bonds. The van der Waals surface area contributed by atoms with Crippen molar-refractivity contribution in [2.45, 2.75) is 39.2 Å². The van der Waals surface area contributed by atoms with Crippen LogP contribution in [0.5, 0.6) is 0 Å². The molecule has 3 heteroatoms. The molecule has 0 unspecified atom stereocenters. The number of allylic oxidation sites excluding steroid dienone is 1. The van der Waals surface area contributed by atoms with Crippen LogP contribution in [0.2, 0.25) is 0 Å². The van der Waals surface area contributed by atoms with Crippen molar-refractivity contribution in [1.29, 1.82) is 0 Å². The number of ether oxygens (including phenoxy) is 1. The number of rotatable bonds is 6. The highest BCUT2D eigenvalue weighted by atomic mass is 16.5. The Hall–Kier alpha value is -1.87.